The number of halogens is 2. The summed E-state index contributed by atoms with van der Waals surface area (Å²) >= 11 is 3.24. The van der Waals surface area contributed by atoms with Gasteiger partial charge < -0.3 is 5.32 Å². The Hall–Kier alpha value is -1.42. The van der Waals surface area contributed by atoms with Crippen LogP contribution < -0.4 is 5.32 Å². The van der Waals surface area contributed by atoms with E-state index in [4.69, 9.17) is 0 Å². The van der Waals surface area contributed by atoms with E-state index >= 15 is 0 Å². The second kappa shape index (κ2) is 6.35. The number of carbonyl (C=O) groups is 1. The van der Waals surface area contributed by atoms with Crippen molar-refractivity contribution < 1.29 is 9.18 Å². The molecule has 0 saturated carbocycles. The van der Waals surface area contributed by atoms with Crippen LogP contribution in [0.4, 0.5) is 4.39 Å². The average Bonchev–Trinajstić information content (AvgIpc) is 2.27. The quantitative estimate of drug-likeness (QED) is 0.670. The largest absolute Gasteiger partial charge is 0.349 e. The van der Waals surface area contributed by atoms with Crippen molar-refractivity contribution >= 4 is 27.9 Å². The maximum atomic E-state index is 13.3. The molecular weight excluding hydrogens is 285 g/mol. The van der Waals surface area contributed by atoms with E-state index in [1.165, 1.54) is 18.2 Å². The maximum Gasteiger partial charge on any atom is 0.244 e. The molecule has 0 radical (unpaired) electrons. The lowest BCUT2D eigenvalue weighted by molar-refractivity contribution is -0.116. The molecule has 0 fully saturated rings. The SMILES string of the molecule is C=C(C)CNC(=O)/C=C/c1cc(Br)ccc1F. The Morgan fingerprint density at radius 2 is 2.29 bits per heavy atom. The van der Waals surface area contributed by atoms with Crippen molar-refractivity contribution in [3.8, 4) is 0 Å². The Bertz CT molecular complexity index is 468. The topological polar surface area (TPSA) is 29.1 Å². The summed E-state index contributed by atoms with van der Waals surface area (Å²) in [7, 11) is 0. The van der Waals surface area contributed by atoms with Gasteiger partial charge in [0.1, 0.15) is 5.82 Å². The number of amides is 1. The molecule has 0 spiro atoms. The molecule has 0 aliphatic rings. The number of hydrogen-bond donors (Lipinski definition) is 1. The van der Waals surface area contributed by atoms with Crippen LogP contribution in [-0.4, -0.2) is 12.5 Å². The molecule has 0 atom stereocenters. The molecule has 1 aromatic rings. The Labute approximate surface area is 108 Å². The predicted octanol–water partition coefficient (Wildman–Crippen LogP) is 3.29. The molecule has 90 valence electrons. The highest BCUT2D eigenvalue weighted by atomic mass is 79.9. The van der Waals surface area contributed by atoms with E-state index in [0.29, 0.717) is 12.1 Å². The van der Waals surface area contributed by atoms with Crippen molar-refractivity contribution in [2.45, 2.75) is 6.92 Å². The van der Waals surface area contributed by atoms with Crippen LogP contribution in [0.3, 0.4) is 0 Å². The Kier molecular flexibility index (Phi) is 5.10. The summed E-state index contributed by atoms with van der Waals surface area (Å²) in [4.78, 5) is 11.3. The van der Waals surface area contributed by atoms with Gasteiger partial charge in [-0.2, -0.15) is 0 Å². The monoisotopic (exact) mass is 297 g/mol. The van der Waals surface area contributed by atoms with Crippen molar-refractivity contribution in [2.24, 2.45) is 0 Å². The second-order valence-corrected chi connectivity index (χ2v) is 4.59. The maximum absolute atomic E-state index is 13.3. The number of rotatable bonds is 4. The van der Waals surface area contributed by atoms with E-state index in [1.54, 1.807) is 12.1 Å². The third-order valence-electron chi connectivity index (χ3n) is 1.94. The average molecular weight is 298 g/mol. The van der Waals surface area contributed by atoms with Crippen LogP contribution in [0, 0.1) is 5.82 Å². The van der Waals surface area contributed by atoms with Gasteiger partial charge >= 0.3 is 0 Å². The smallest absolute Gasteiger partial charge is 0.244 e. The fourth-order valence-corrected chi connectivity index (χ4v) is 1.48. The lowest BCUT2D eigenvalue weighted by atomic mass is 10.2. The molecule has 4 heteroatoms. The van der Waals surface area contributed by atoms with Gasteiger partial charge in [-0.15, -0.1) is 0 Å². The van der Waals surface area contributed by atoms with Crippen molar-refractivity contribution in [1.29, 1.82) is 0 Å². The normalized spacial score (nSPS) is 10.5. The van der Waals surface area contributed by atoms with Crippen molar-refractivity contribution in [1.82, 2.24) is 5.32 Å². The van der Waals surface area contributed by atoms with Gasteiger partial charge in [-0.3, -0.25) is 4.79 Å². The molecule has 0 aliphatic heterocycles. The summed E-state index contributed by atoms with van der Waals surface area (Å²) in [5, 5.41) is 2.63. The third-order valence-corrected chi connectivity index (χ3v) is 2.43. The van der Waals surface area contributed by atoms with Crippen LogP contribution in [0.25, 0.3) is 6.08 Å². The summed E-state index contributed by atoms with van der Waals surface area (Å²) in [6.07, 6.45) is 2.74. The first kappa shape index (κ1) is 13.6. The Morgan fingerprint density at radius 3 is 2.94 bits per heavy atom. The minimum atomic E-state index is -0.364. The van der Waals surface area contributed by atoms with Crippen molar-refractivity contribution in [2.75, 3.05) is 6.54 Å². The molecule has 0 unspecified atom stereocenters. The summed E-state index contributed by atoms with van der Waals surface area (Å²) in [5.74, 6) is -0.635. The summed E-state index contributed by atoms with van der Waals surface area (Å²) in [6.45, 7) is 5.90. The molecule has 0 saturated heterocycles. The minimum Gasteiger partial charge on any atom is -0.349 e. The molecular formula is C13H13BrFNO. The summed E-state index contributed by atoms with van der Waals surface area (Å²) < 4.78 is 14.1. The number of nitrogens with one attached hydrogen (secondary N) is 1. The van der Waals surface area contributed by atoms with E-state index < -0.39 is 0 Å². The lowest BCUT2D eigenvalue weighted by Gasteiger charge is -2.01. The van der Waals surface area contributed by atoms with Crippen LogP contribution >= 0.6 is 15.9 Å². The highest BCUT2D eigenvalue weighted by molar-refractivity contribution is 9.10. The Balaban J connectivity index is 2.67. The molecule has 2 nitrogen and oxygen atoms in total. The fourth-order valence-electron chi connectivity index (χ4n) is 1.10. The third kappa shape index (κ3) is 4.95. The van der Waals surface area contributed by atoms with Gasteiger partial charge in [-0.1, -0.05) is 28.1 Å². The zero-order chi connectivity index (χ0) is 12.8. The molecule has 1 aromatic carbocycles. The van der Waals surface area contributed by atoms with Crippen molar-refractivity contribution in [3.05, 3.63) is 52.3 Å². The molecule has 0 aromatic heterocycles. The standard InChI is InChI=1S/C13H13BrFNO/c1-9(2)8-16-13(17)6-3-10-7-11(14)4-5-12(10)15/h3-7H,1,8H2,2H3,(H,16,17)/b6-3+. The highest BCUT2D eigenvalue weighted by Crippen LogP contribution is 2.16. The first-order valence-corrected chi connectivity index (χ1v) is 5.83. The number of hydrogen-bond acceptors (Lipinski definition) is 1. The van der Waals surface area contributed by atoms with E-state index in [2.05, 4.69) is 27.8 Å². The molecule has 0 bridgehead atoms. The van der Waals surface area contributed by atoms with Crippen LogP contribution in [0.1, 0.15) is 12.5 Å². The molecule has 1 N–H and O–H groups in total. The van der Waals surface area contributed by atoms with E-state index in [1.807, 2.05) is 6.92 Å². The van der Waals surface area contributed by atoms with E-state index in [-0.39, 0.29) is 11.7 Å². The van der Waals surface area contributed by atoms with Gasteiger partial charge in [0.25, 0.3) is 0 Å². The van der Waals surface area contributed by atoms with Crippen molar-refractivity contribution in [3.63, 3.8) is 0 Å². The fraction of sp³-hybridized carbons (Fsp3) is 0.154. The van der Waals surface area contributed by atoms with E-state index in [0.717, 1.165) is 10.0 Å². The number of benzene rings is 1. The zero-order valence-corrected chi connectivity index (χ0v) is 11.1. The molecule has 1 rings (SSSR count). The minimum absolute atomic E-state index is 0.271. The highest BCUT2D eigenvalue weighted by Gasteiger charge is 2.00. The molecule has 0 heterocycles. The zero-order valence-electron chi connectivity index (χ0n) is 9.47. The number of carbonyl (C=O) groups excluding carboxylic acids is 1. The van der Waals surface area contributed by atoms with Gasteiger partial charge in [-0.25, -0.2) is 4.39 Å². The predicted molar refractivity (Wildman–Crippen MR) is 71.0 cm³/mol. The molecule has 17 heavy (non-hydrogen) atoms. The second-order valence-electron chi connectivity index (χ2n) is 3.67. The molecule has 0 aliphatic carbocycles. The summed E-state index contributed by atoms with van der Waals surface area (Å²) in [6, 6.07) is 4.56. The summed E-state index contributed by atoms with van der Waals surface area (Å²) in [5.41, 5.74) is 1.23. The van der Waals surface area contributed by atoms with Gasteiger partial charge in [0, 0.05) is 22.7 Å². The lowest BCUT2D eigenvalue weighted by Crippen LogP contribution is -2.22. The van der Waals surface area contributed by atoms with Gasteiger partial charge in [0.15, 0.2) is 0 Å². The van der Waals surface area contributed by atoms with Crippen LogP contribution in [-0.2, 0) is 4.79 Å². The molecule has 1 amide bonds. The van der Waals surface area contributed by atoms with Crippen LogP contribution in [0.2, 0.25) is 0 Å². The van der Waals surface area contributed by atoms with Crippen LogP contribution in [0.5, 0.6) is 0 Å². The van der Waals surface area contributed by atoms with Crippen LogP contribution in [0.15, 0.2) is 40.9 Å². The van der Waals surface area contributed by atoms with Gasteiger partial charge in [-0.05, 0) is 31.2 Å². The first-order chi connectivity index (χ1) is 7.99. The Morgan fingerprint density at radius 1 is 1.59 bits per heavy atom. The van der Waals surface area contributed by atoms with Gasteiger partial charge in [0.05, 0.1) is 0 Å². The van der Waals surface area contributed by atoms with E-state index in [9.17, 15) is 9.18 Å². The first-order valence-electron chi connectivity index (χ1n) is 5.04. The van der Waals surface area contributed by atoms with Gasteiger partial charge in [0.2, 0.25) is 5.91 Å².